The number of nitrogens with one attached hydrogen (secondary N) is 2. The van der Waals surface area contributed by atoms with Crippen LogP contribution in [0.2, 0.25) is 10.0 Å². The second-order valence-electron chi connectivity index (χ2n) is 6.11. The first-order valence-corrected chi connectivity index (χ1v) is 8.78. The summed E-state index contributed by atoms with van der Waals surface area (Å²) in [6.45, 7) is 0. The van der Waals surface area contributed by atoms with Crippen LogP contribution in [-0.2, 0) is 0 Å². The minimum atomic E-state index is -0.207. The number of carbonyl (C=O) groups is 1. The van der Waals surface area contributed by atoms with Gasteiger partial charge in [-0.25, -0.2) is 0 Å². The Kier molecular flexibility index (Phi) is 4.24. The van der Waals surface area contributed by atoms with Crippen LogP contribution in [-0.4, -0.2) is 16.1 Å². The van der Waals surface area contributed by atoms with Gasteiger partial charge in [-0.05, 0) is 43.2 Å². The van der Waals surface area contributed by atoms with Crippen molar-refractivity contribution in [2.75, 3.05) is 5.32 Å². The van der Waals surface area contributed by atoms with Gasteiger partial charge in [0.25, 0.3) is 5.91 Å². The van der Waals surface area contributed by atoms with Crippen molar-refractivity contribution in [1.29, 1.82) is 0 Å². The zero-order valence-electron chi connectivity index (χ0n) is 13.2. The minimum absolute atomic E-state index is 0.207. The summed E-state index contributed by atoms with van der Waals surface area (Å²) in [6.07, 6.45) is 2.20. The first-order valence-electron chi connectivity index (χ1n) is 8.03. The fourth-order valence-electron chi connectivity index (χ4n) is 2.78. The van der Waals surface area contributed by atoms with Crippen LogP contribution in [0.15, 0.2) is 48.5 Å². The Bertz CT molecular complexity index is 930. The van der Waals surface area contributed by atoms with E-state index in [0.29, 0.717) is 27.2 Å². The number of nitrogens with zero attached hydrogens (tertiary/aromatic N) is 1. The molecule has 4 rings (SSSR count). The molecule has 3 aromatic rings. The van der Waals surface area contributed by atoms with E-state index in [1.807, 2.05) is 24.3 Å². The average molecular weight is 372 g/mol. The third-order valence-electron chi connectivity index (χ3n) is 4.22. The third kappa shape index (κ3) is 3.41. The molecule has 4 nitrogen and oxygen atoms in total. The fraction of sp³-hybridized carbons (Fsp3) is 0.158. The zero-order valence-corrected chi connectivity index (χ0v) is 14.7. The van der Waals surface area contributed by atoms with E-state index >= 15 is 0 Å². The highest BCUT2D eigenvalue weighted by Gasteiger charge is 2.31. The van der Waals surface area contributed by atoms with Gasteiger partial charge >= 0.3 is 0 Å². The standard InChI is InChI=1S/C19H15Cl2N3O/c20-14-8-6-12(7-9-14)17-18(16(23-24-17)11-4-5-11)22-19(25)13-2-1-3-15(21)10-13/h1-3,6-11H,4-5H2,(H,22,25)(H,23,24). The molecule has 0 aliphatic heterocycles. The number of hydrogen-bond acceptors (Lipinski definition) is 2. The van der Waals surface area contributed by atoms with E-state index in [1.165, 1.54) is 0 Å². The lowest BCUT2D eigenvalue weighted by Gasteiger charge is -2.09. The van der Waals surface area contributed by atoms with Gasteiger partial charge in [-0.15, -0.1) is 0 Å². The van der Waals surface area contributed by atoms with Crippen molar-refractivity contribution in [3.63, 3.8) is 0 Å². The predicted molar refractivity (Wildman–Crippen MR) is 100 cm³/mol. The van der Waals surface area contributed by atoms with Gasteiger partial charge in [0.05, 0.1) is 11.4 Å². The maximum atomic E-state index is 12.7. The minimum Gasteiger partial charge on any atom is -0.319 e. The average Bonchev–Trinajstić information content (AvgIpc) is 3.37. The van der Waals surface area contributed by atoms with Crippen molar-refractivity contribution in [1.82, 2.24) is 10.2 Å². The molecule has 0 spiro atoms. The van der Waals surface area contributed by atoms with E-state index in [-0.39, 0.29) is 5.91 Å². The first kappa shape index (κ1) is 16.2. The summed E-state index contributed by atoms with van der Waals surface area (Å²) in [5, 5.41) is 11.7. The highest BCUT2D eigenvalue weighted by atomic mass is 35.5. The summed E-state index contributed by atoms with van der Waals surface area (Å²) in [7, 11) is 0. The lowest BCUT2D eigenvalue weighted by atomic mass is 10.1. The van der Waals surface area contributed by atoms with Crippen LogP contribution in [0.1, 0.15) is 34.8 Å². The highest BCUT2D eigenvalue weighted by molar-refractivity contribution is 6.31. The molecule has 1 fully saturated rings. The molecule has 0 radical (unpaired) electrons. The number of hydrogen-bond donors (Lipinski definition) is 2. The summed E-state index contributed by atoms with van der Waals surface area (Å²) in [5.74, 6) is 0.212. The molecule has 1 amide bonds. The Morgan fingerprint density at radius 1 is 1.08 bits per heavy atom. The third-order valence-corrected chi connectivity index (χ3v) is 4.71. The SMILES string of the molecule is O=C(Nc1c(-c2ccc(Cl)cc2)n[nH]c1C1CC1)c1cccc(Cl)c1. The van der Waals surface area contributed by atoms with E-state index < -0.39 is 0 Å². The number of aromatic amines is 1. The number of anilines is 1. The number of rotatable bonds is 4. The van der Waals surface area contributed by atoms with Gasteiger partial charge in [0, 0.05) is 27.1 Å². The summed E-state index contributed by atoms with van der Waals surface area (Å²) in [5.41, 5.74) is 3.83. The molecule has 126 valence electrons. The van der Waals surface area contributed by atoms with Crippen molar-refractivity contribution in [2.24, 2.45) is 0 Å². The zero-order chi connectivity index (χ0) is 17.4. The van der Waals surface area contributed by atoms with Gasteiger partial charge in [0.1, 0.15) is 5.69 Å². The van der Waals surface area contributed by atoms with Crippen molar-refractivity contribution in [2.45, 2.75) is 18.8 Å². The van der Waals surface area contributed by atoms with Crippen LogP contribution < -0.4 is 5.32 Å². The number of aromatic nitrogens is 2. The lowest BCUT2D eigenvalue weighted by molar-refractivity contribution is 0.102. The van der Waals surface area contributed by atoms with Crippen molar-refractivity contribution < 1.29 is 4.79 Å². The summed E-state index contributed by atoms with van der Waals surface area (Å²) in [6, 6.07) is 14.3. The summed E-state index contributed by atoms with van der Waals surface area (Å²) in [4.78, 5) is 12.7. The summed E-state index contributed by atoms with van der Waals surface area (Å²) < 4.78 is 0. The number of carbonyl (C=O) groups excluding carboxylic acids is 1. The smallest absolute Gasteiger partial charge is 0.255 e. The molecule has 1 aliphatic carbocycles. The van der Waals surface area contributed by atoms with Gasteiger partial charge in [-0.1, -0.05) is 41.4 Å². The molecule has 0 saturated heterocycles. The van der Waals surface area contributed by atoms with Gasteiger partial charge in [0.2, 0.25) is 0 Å². The van der Waals surface area contributed by atoms with Gasteiger partial charge < -0.3 is 5.32 Å². The number of H-pyrrole nitrogens is 1. The molecule has 25 heavy (non-hydrogen) atoms. The molecule has 0 atom stereocenters. The molecule has 1 aromatic heterocycles. The van der Waals surface area contributed by atoms with Crippen LogP contribution in [0.3, 0.4) is 0 Å². The van der Waals surface area contributed by atoms with Gasteiger partial charge in [-0.3, -0.25) is 9.89 Å². The molecular weight excluding hydrogens is 357 g/mol. The largest absolute Gasteiger partial charge is 0.319 e. The van der Waals surface area contributed by atoms with Gasteiger partial charge in [-0.2, -0.15) is 5.10 Å². The highest BCUT2D eigenvalue weighted by Crippen LogP contribution is 2.45. The quantitative estimate of drug-likeness (QED) is 0.634. The fourth-order valence-corrected chi connectivity index (χ4v) is 3.10. The number of halogens is 2. The van der Waals surface area contributed by atoms with Crippen LogP contribution >= 0.6 is 23.2 Å². The predicted octanol–water partition coefficient (Wildman–Crippen LogP) is 5.51. The molecule has 2 N–H and O–H groups in total. The molecule has 6 heteroatoms. The Balaban J connectivity index is 1.71. The van der Waals surface area contributed by atoms with Crippen LogP contribution in [0.5, 0.6) is 0 Å². The molecule has 0 unspecified atom stereocenters. The Labute approximate surface area is 155 Å². The van der Waals surface area contributed by atoms with Crippen molar-refractivity contribution in [3.8, 4) is 11.3 Å². The second kappa shape index (κ2) is 6.54. The second-order valence-corrected chi connectivity index (χ2v) is 6.98. The molecular formula is C19H15Cl2N3O. The molecule has 1 heterocycles. The van der Waals surface area contributed by atoms with E-state index in [4.69, 9.17) is 23.2 Å². The Morgan fingerprint density at radius 2 is 1.84 bits per heavy atom. The monoisotopic (exact) mass is 371 g/mol. The van der Waals surface area contributed by atoms with Gasteiger partial charge in [0.15, 0.2) is 0 Å². The normalized spacial score (nSPS) is 13.7. The molecule has 1 aliphatic rings. The molecule has 0 bridgehead atoms. The van der Waals surface area contributed by atoms with E-state index in [1.54, 1.807) is 24.3 Å². The number of benzene rings is 2. The summed E-state index contributed by atoms with van der Waals surface area (Å²) >= 11 is 12.0. The number of amides is 1. The Morgan fingerprint density at radius 3 is 2.52 bits per heavy atom. The van der Waals surface area contributed by atoms with Crippen molar-refractivity contribution in [3.05, 3.63) is 69.8 Å². The van der Waals surface area contributed by atoms with Crippen LogP contribution in [0.25, 0.3) is 11.3 Å². The first-order chi connectivity index (χ1) is 12.1. The maximum absolute atomic E-state index is 12.7. The molecule has 2 aromatic carbocycles. The lowest BCUT2D eigenvalue weighted by Crippen LogP contribution is -2.13. The van der Waals surface area contributed by atoms with Crippen LogP contribution in [0, 0.1) is 0 Å². The molecule has 1 saturated carbocycles. The Hall–Kier alpha value is -2.30. The van der Waals surface area contributed by atoms with E-state index in [9.17, 15) is 4.79 Å². The van der Waals surface area contributed by atoms with Crippen molar-refractivity contribution >= 4 is 34.8 Å². The topological polar surface area (TPSA) is 57.8 Å². The van der Waals surface area contributed by atoms with Crippen LogP contribution in [0.4, 0.5) is 5.69 Å². The van der Waals surface area contributed by atoms with E-state index in [0.717, 1.165) is 29.8 Å². The maximum Gasteiger partial charge on any atom is 0.255 e. The van der Waals surface area contributed by atoms with E-state index in [2.05, 4.69) is 15.5 Å².